The highest BCUT2D eigenvalue weighted by atomic mass is 32.2. The van der Waals surface area contributed by atoms with Crippen molar-refractivity contribution < 1.29 is 9.53 Å². The fraction of sp³-hybridized carbons (Fsp3) is 0.167. The molecule has 0 unspecified atom stereocenters. The van der Waals surface area contributed by atoms with E-state index in [0.29, 0.717) is 11.6 Å². The second kappa shape index (κ2) is 5.33. The zero-order valence-electron chi connectivity index (χ0n) is 9.23. The third kappa shape index (κ3) is 3.08. The molecule has 1 aromatic rings. The molecule has 1 N–H and O–H groups in total. The minimum atomic E-state index is -0.118. The number of carbonyl (C=O) groups is 1. The van der Waals surface area contributed by atoms with E-state index in [1.165, 1.54) is 0 Å². The number of thioether (sulfide) groups is 1. The summed E-state index contributed by atoms with van der Waals surface area (Å²) in [5.41, 5.74) is 0.995. The maximum Gasteiger partial charge on any atom is 0.289 e. The molecular weight excluding hydrogens is 254 g/mol. The van der Waals surface area contributed by atoms with Crippen molar-refractivity contribution in [1.82, 2.24) is 5.32 Å². The molecule has 2 rings (SSSR count). The van der Waals surface area contributed by atoms with Gasteiger partial charge in [-0.2, -0.15) is 0 Å². The SMILES string of the molecule is CCOc1ccc(/C=C2\SC(=O)NC2=S)cc1. The Hall–Kier alpha value is -1.33. The smallest absolute Gasteiger partial charge is 0.289 e. The molecule has 1 amide bonds. The summed E-state index contributed by atoms with van der Waals surface area (Å²) in [7, 11) is 0. The lowest BCUT2D eigenvalue weighted by Gasteiger charge is -2.02. The van der Waals surface area contributed by atoms with Gasteiger partial charge < -0.3 is 10.1 Å². The molecule has 1 saturated heterocycles. The molecular formula is C12H11NO2S2. The summed E-state index contributed by atoms with van der Waals surface area (Å²) >= 11 is 6.16. The fourth-order valence-electron chi connectivity index (χ4n) is 1.40. The Morgan fingerprint density at radius 2 is 2.12 bits per heavy atom. The summed E-state index contributed by atoms with van der Waals surface area (Å²) in [4.78, 5) is 12.4. The summed E-state index contributed by atoms with van der Waals surface area (Å²) in [5, 5.41) is 2.46. The van der Waals surface area contributed by atoms with Crippen LogP contribution in [0.25, 0.3) is 6.08 Å². The number of benzene rings is 1. The number of rotatable bonds is 3. The van der Waals surface area contributed by atoms with E-state index in [0.717, 1.165) is 28.0 Å². The molecule has 0 aromatic heterocycles. The Bertz CT molecular complexity index is 480. The summed E-state index contributed by atoms with van der Waals surface area (Å²) in [6.07, 6.45) is 1.89. The Labute approximate surface area is 109 Å². The molecule has 88 valence electrons. The normalized spacial score (nSPS) is 17.4. The number of hydrogen-bond acceptors (Lipinski definition) is 4. The van der Waals surface area contributed by atoms with Gasteiger partial charge in [-0.3, -0.25) is 4.79 Å². The Kier molecular flexibility index (Phi) is 3.81. The van der Waals surface area contributed by atoms with Crippen LogP contribution in [0.4, 0.5) is 4.79 Å². The molecule has 0 atom stereocenters. The first-order valence-electron chi connectivity index (χ1n) is 5.17. The molecule has 1 aliphatic rings. The number of amides is 1. The molecule has 0 saturated carbocycles. The molecule has 17 heavy (non-hydrogen) atoms. The summed E-state index contributed by atoms with van der Waals surface area (Å²) in [6.45, 7) is 2.60. The van der Waals surface area contributed by atoms with Crippen LogP contribution in [-0.2, 0) is 0 Å². The van der Waals surface area contributed by atoms with Crippen molar-refractivity contribution in [3.05, 3.63) is 34.7 Å². The lowest BCUT2D eigenvalue weighted by molar-refractivity contribution is 0.265. The van der Waals surface area contributed by atoms with E-state index in [4.69, 9.17) is 17.0 Å². The average molecular weight is 265 g/mol. The van der Waals surface area contributed by atoms with Gasteiger partial charge in [0.2, 0.25) is 0 Å². The third-order valence-corrected chi connectivity index (χ3v) is 3.41. The van der Waals surface area contributed by atoms with Gasteiger partial charge in [0, 0.05) is 0 Å². The maximum absolute atomic E-state index is 11.1. The predicted molar refractivity (Wildman–Crippen MR) is 74.3 cm³/mol. The van der Waals surface area contributed by atoms with E-state index in [9.17, 15) is 4.79 Å². The quantitative estimate of drug-likeness (QED) is 0.673. The molecule has 1 aromatic carbocycles. The van der Waals surface area contributed by atoms with Crippen molar-refractivity contribution >= 4 is 40.3 Å². The lowest BCUT2D eigenvalue weighted by Crippen LogP contribution is -2.15. The number of hydrogen-bond donors (Lipinski definition) is 1. The van der Waals surface area contributed by atoms with E-state index in [2.05, 4.69) is 5.32 Å². The largest absolute Gasteiger partial charge is 0.494 e. The van der Waals surface area contributed by atoms with Gasteiger partial charge in [-0.05, 0) is 42.5 Å². The molecule has 0 spiro atoms. The first-order chi connectivity index (χ1) is 8.19. The molecule has 3 nitrogen and oxygen atoms in total. The zero-order valence-corrected chi connectivity index (χ0v) is 10.9. The molecule has 1 aliphatic heterocycles. The number of ether oxygens (including phenoxy) is 1. The Morgan fingerprint density at radius 1 is 1.41 bits per heavy atom. The minimum absolute atomic E-state index is 0.118. The highest BCUT2D eigenvalue weighted by Gasteiger charge is 2.21. The monoisotopic (exact) mass is 265 g/mol. The summed E-state index contributed by atoms with van der Waals surface area (Å²) in [6, 6.07) is 7.66. The van der Waals surface area contributed by atoms with Crippen molar-refractivity contribution in [3.63, 3.8) is 0 Å². The van der Waals surface area contributed by atoms with E-state index in [-0.39, 0.29) is 5.24 Å². The second-order valence-electron chi connectivity index (χ2n) is 3.35. The van der Waals surface area contributed by atoms with E-state index >= 15 is 0 Å². The van der Waals surface area contributed by atoms with Crippen LogP contribution in [0.1, 0.15) is 12.5 Å². The molecule has 0 aliphatic carbocycles. The van der Waals surface area contributed by atoms with Crippen LogP contribution in [0.15, 0.2) is 29.2 Å². The van der Waals surface area contributed by atoms with E-state index in [1.807, 2.05) is 37.3 Å². The van der Waals surface area contributed by atoms with Crippen LogP contribution in [0, 0.1) is 0 Å². The standard InChI is InChI=1S/C12H11NO2S2/c1-2-15-9-5-3-8(4-6-9)7-10-11(16)13-12(14)17-10/h3-7H,2H2,1H3,(H,13,14,16)/b10-7-. The predicted octanol–water partition coefficient (Wildman–Crippen LogP) is 3.21. The van der Waals surface area contributed by atoms with Crippen LogP contribution in [-0.4, -0.2) is 16.8 Å². The van der Waals surface area contributed by atoms with Gasteiger partial charge in [-0.25, -0.2) is 0 Å². The summed E-state index contributed by atoms with van der Waals surface area (Å²) in [5.74, 6) is 0.838. The van der Waals surface area contributed by atoms with E-state index in [1.54, 1.807) is 0 Å². The second-order valence-corrected chi connectivity index (χ2v) is 4.78. The van der Waals surface area contributed by atoms with Crippen LogP contribution in [0.5, 0.6) is 5.75 Å². The molecule has 0 radical (unpaired) electrons. The van der Waals surface area contributed by atoms with Crippen molar-refractivity contribution in [2.75, 3.05) is 6.61 Å². The van der Waals surface area contributed by atoms with Gasteiger partial charge in [-0.1, -0.05) is 24.4 Å². The zero-order chi connectivity index (χ0) is 12.3. The van der Waals surface area contributed by atoms with Crippen molar-refractivity contribution in [3.8, 4) is 5.75 Å². The van der Waals surface area contributed by atoms with Crippen LogP contribution >= 0.6 is 24.0 Å². The minimum Gasteiger partial charge on any atom is -0.494 e. The number of thiocarbonyl (C=S) groups is 1. The van der Waals surface area contributed by atoms with Crippen LogP contribution in [0.3, 0.4) is 0 Å². The fourth-order valence-corrected chi connectivity index (χ4v) is 2.43. The first kappa shape index (κ1) is 12.1. The Balaban J connectivity index is 2.16. The summed E-state index contributed by atoms with van der Waals surface area (Å²) < 4.78 is 5.35. The lowest BCUT2D eigenvalue weighted by atomic mass is 10.2. The molecule has 0 bridgehead atoms. The van der Waals surface area contributed by atoms with Gasteiger partial charge in [0.1, 0.15) is 10.7 Å². The van der Waals surface area contributed by atoms with Crippen molar-refractivity contribution in [2.45, 2.75) is 6.92 Å². The highest BCUT2D eigenvalue weighted by molar-refractivity contribution is 8.19. The topological polar surface area (TPSA) is 38.3 Å². The average Bonchev–Trinajstić information content (AvgIpc) is 2.61. The third-order valence-electron chi connectivity index (χ3n) is 2.13. The molecule has 1 heterocycles. The van der Waals surface area contributed by atoms with Crippen LogP contribution in [0.2, 0.25) is 0 Å². The molecule has 5 heteroatoms. The van der Waals surface area contributed by atoms with Crippen molar-refractivity contribution in [1.29, 1.82) is 0 Å². The number of nitrogens with one attached hydrogen (secondary N) is 1. The number of carbonyl (C=O) groups excluding carboxylic acids is 1. The highest BCUT2D eigenvalue weighted by Crippen LogP contribution is 2.26. The Morgan fingerprint density at radius 3 is 2.65 bits per heavy atom. The first-order valence-corrected chi connectivity index (χ1v) is 6.39. The van der Waals surface area contributed by atoms with Gasteiger partial charge in [0.15, 0.2) is 0 Å². The maximum atomic E-state index is 11.1. The van der Waals surface area contributed by atoms with Crippen molar-refractivity contribution in [2.24, 2.45) is 0 Å². The van der Waals surface area contributed by atoms with Gasteiger partial charge in [0.25, 0.3) is 5.24 Å². The molecule has 1 fully saturated rings. The van der Waals surface area contributed by atoms with E-state index < -0.39 is 0 Å². The van der Waals surface area contributed by atoms with Gasteiger partial charge in [-0.15, -0.1) is 0 Å². The van der Waals surface area contributed by atoms with Gasteiger partial charge in [0.05, 0.1) is 11.5 Å². The van der Waals surface area contributed by atoms with Gasteiger partial charge >= 0.3 is 0 Å². The van der Waals surface area contributed by atoms with Crippen LogP contribution < -0.4 is 10.1 Å².